The van der Waals surface area contributed by atoms with Gasteiger partial charge in [-0.3, -0.25) is 0 Å². The lowest BCUT2D eigenvalue weighted by Gasteiger charge is -2.57. The predicted molar refractivity (Wildman–Crippen MR) is 82.2 cm³/mol. The van der Waals surface area contributed by atoms with Crippen molar-refractivity contribution in [2.24, 2.45) is 5.41 Å². The lowest BCUT2D eigenvalue weighted by Crippen LogP contribution is -2.60. The number of ether oxygens (including phenoxy) is 1. The Kier molecular flexibility index (Phi) is 2.45. The first-order valence-corrected chi connectivity index (χ1v) is 8.18. The van der Waals surface area contributed by atoms with Gasteiger partial charge in [0.05, 0.1) is 17.9 Å². The van der Waals surface area contributed by atoms with E-state index in [4.69, 9.17) is 9.72 Å². The van der Waals surface area contributed by atoms with Crippen molar-refractivity contribution in [1.29, 1.82) is 0 Å². The molecule has 5 rings (SSSR count). The van der Waals surface area contributed by atoms with E-state index >= 15 is 0 Å². The highest BCUT2D eigenvalue weighted by molar-refractivity contribution is 5.63. The number of fused-ring (bicyclic) bond motifs is 3. The lowest BCUT2D eigenvalue weighted by atomic mass is 9.63. The molecule has 21 heavy (non-hydrogen) atoms. The maximum Gasteiger partial charge on any atom is 0.171 e. The quantitative estimate of drug-likeness (QED) is 0.841. The minimum atomic E-state index is 0.437. The third-order valence-electron chi connectivity index (χ3n) is 5.70. The number of hydrogen-bond donors (Lipinski definition) is 1. The summed E-state index contributed by atoms with van der Waals surface area (Å²) in [5, 5.41) is 3.43. The molecule has 1 spiro atoms. The van der Waals surface area contributed by atoms with Crippen LogP contribution in [-0.2, 0) is 0 Å². The molecule has 1 aromatic heterocycles. The molecule has 5 heteroatoms. The molecule has 1 N–H and O–H groups in total. The summed E-state index contributed by atoms with van der Waals surface area (Å²) in [7, 11) is 0. The van der Waals surface area contributed by atoms with E-state index in [1.807, 2.05) is 6.20 Å². The first-order chi connectivity index (χ1) is 10.3. The fraction of sp³-hybridized carbons (Fsp3) is 0.688. The van der Waals surface area contributed by atoms with Crippen LogP contribution in [0.3, 0.4) is 0 Å². The largest absolute Gasteiger partial charge is 0.487 e. The van der Waals surface area contributed by atoms with Crippen molar-refractivity contribution in [3.05, 3.63) is 12.3 Å². The summed E-state index contributed by atoms with van der Waals surface area (Å²) in [4.78, 5) is 9.59. The highest BCUT2D eigenvalue weighted by Crippen LogP contribution is 2.50. The standard InChI is InChI=1S/C16H22N4O/c1-2-16(3-1)10-19(11-16)12-6-14-15(18-8-12)20-5-4-17-7-13(20)9-21-14/h6,8,13,17H,1-5,7,9-11H2. The molecule has 112 valence electrons. The van der Waals surface area contributed by atoms with Gasteiger partial charge in [-0.15, -0.1) is 0 Å². The Balaban J connectivity index is 1.39. The Bertz CT molecular complexity index is 563. The minimum absolute atomic E-state index is 0.437. The number of piperazine rings is 1. The van der Waals surface area contributed by atoms with Crippen LogP contribution in [-0.4, -0.2) is 50.4 Å². The van der Waals surface area contributed by atoms with Crippen LogP contribution >= 0.6 is 0 Å². The summed E-state index contributed by atoms with van der Waals surface area (Å²) < 4.78 is 5.97. The highest BCUT2D eigenvalue weighted by Gasteiger charge is 2.47. The lowest BCUT2D eigenvalue weighted by molar-refractivity contribution is 0.0902. The van der Waals surface area contributed by atoms with Crippen LogP contribution in [0.5, 0.6) is 5.75 Å². The third kappa shape index (κ3) is 1.76. The second-order valence-corrected chi connectivity index (χ2v) is 7.09. The summed E-state index contributed by atoms with van der Waals surface area (Å²) in [6.07, 6.45) is 6.30. The Hall–Kier alpha value is -1.49. The van der Waals surface area contributed by atoms with Crippen molar-refractivity contribution in [2.75, 3.05) is 49.1 Å². The predicted octanol–water partition coefficient (Wildman–Crippen LogP) is 1.24. The van der Waals surface area contributed by atoms with Gasteiger partial charge in [-0.25, -0.2) is 4.98 Å². The van der Waals surface area contributed by atoms with Crippen molar-refractivity contribution >= 4 is 11.5 Å². The number of nitrogens with zero attached hydrogens (tertiary/aromatic N) is 3. The Morgan fingerprint density at radius 2 is 2.24 bits per heavy atom. The smallest absolute Gasteiger partial charge is 0.171 e. The molecule has 0 bridgehead atoms. The Morgan fingerprint density at radius 3 is 3.05 bits per heavy atom. The van der Waals surface area contributed by atoms with Crippen LogP contribution in [0, 0.1) is 5.41 Å². The number of pyridine rings is 1. The maximum atomic E-state index is 5.97. The van der Waals surface area contributed by atoms with E-state index in [0.29, 0.717) is 11.5 Å². The Morgan fingerprint density at radius 1 is 1.33 bits per heavy atom. The summed E-state index contributed by atoms with van der Waals surface area (Å²) in [5.41, 5.74) is 1.89. The van der Waals surface area contributed by atoms with Crippen molar-refractivity contribution < 1.29 is 4.74 Å². The molecule has 1 atom stereocenters. The fourth-order valence-corrected chi connectivity index (χ4v) is 4.24. The van der Waals surface area contributed by atoms with E-state index in [1.165, 1.54) is 38.0 Å². The van der Waals surface area contributed by atoms with Crippen LogP contribution in [0.4, 0.5) is 11.5 Å². The molecular formula is C16H22N4O. The molecule has 3 fully saturated rings. The maximum absolute atomic E-state index is 5.97. The zero-order chi connectivity index (χ0) is 13.9. The summed E-state index contributed by atoms with van der Waals surface area (Å²) in [6.45, 7) is 6.26. The third-order valence-corrected chi connectivity index (χ3v) is 5.70. The summed E-state index contributed by atoms with van der Waals surface area (Å²) in [6, 6.07) is 2.64. The van der Waals surface area contributed by atoms with E-state index in [0.717, 1.165) is 37.8 Å². The van der Waals surface area contributed by atoms with E-state index in [1.54, 1.807) is 0 Å². The van der Waals surface area contributed by atoms with Crippen molar-refractivity contribution in [3.8, 4) is 5.75 Å². The zero-order valence-corrected chi connectivity index (χ0v) is 12.3. The van der Waals surface area contributed by atoms with Crippen LogP contribution in [0.15, 0.2) is 12.3 Å². The SMILES string of the molecule is c1nc2c(cc1N1CC3(CCC3)C1)OCC1CNCCN21. The van der Waals surface area contributed by atoms with Crippen molar-refractivity contribution in [3.63, 3.8) is 0 Å². The fourth-order valence-electron chi connectivity index (χ4n) is 4.24. The van der Waals surface area contributed by atoms with Gasteiger partial charge in [-0.1, -0.05) is 6.42 Å². The van der Waals surface area contributed by atoms with Gasteiger partial charge in [0.2, 0.25) is 0 Å². The number of anilines is 2. The first kappa shape index (κ1) is 12.1. The summed E-state index contributed by atoms with van der Waals surface area (Å²) in [5.74, 6) is 2.01. The van der Waals surface area contributed by atoms with Gasteiger partial charge in [-0.2, -0.15) is 0 Å². The van der Waals surface area contributed by atoms with Crippen molar-refractivity contribution in [1.82, 2.24) is 10.3 Å². The van der Waals surface area contributed by atoms with Crippen LogP contribution < -0.4 is 19.9 Å². The number of hydrogen-bond acceptors (Lipinski definition) is 5. The normalized spacial score (nSPS) is 29.0. The monoisotopic (exact) mass is 286 g/mol. The highest BCUT2D eigenvalue weighted by atomic mass is 16.5. The molecule has 0 radical (unpaired) electrons. The number of aromatic nitrogens is 1. The molecule has 3 aliphatic heterocycles. The second kappa shape index (κ2) is 4.26. The average Bonchev–Trinajstić information content (AvgIpc) is 2.44. The van der Waals surface area contributed by atoms with Crippen LogP contribution in [0.1, 0.15) is 19.3 Å². The van der Waals surface area contributed by atoms with Gasteiger partial charge in [0.25, 0.3) is 0 Å². The van der Waals surface area contributed by atoms with Crippen LogP contribution in [0.2, 0.25) is 0 Å². The first-order valence-electron chi connectivity index (χ1n) is 8.18. The molecule has 5 nitrogen and oxygen atoms in total. The number of nitrogens with one attached hydrogen (secondary N) is 1. The van der Waals surface area contributed by atoms with Gasteiger partial charge in [0.15, 0.2) is 11.6 Å². The van der Waals surface area contributed by atoms with Gasteiger partial charge in [0, 0.05) is 44.2 Å². The van der Waals surface area contributed by atoms with Gasteiger partial charge < -0.3 is 19.9 Å². The molecule has 0 amide bonds. The molecular weight excluding hydrogens is 264 g/mol. The molecule has 4 heterocycles. The minimum Gasteiger partial charge on any atom is -0.487 e. The molecule has 4 aliphatic rings. The summed E-state index contributed by atoms with van der Waals surface area (Å²) >= 11 is 0. The molecule has 0 aromatic carbocycles. The molecule has 1 unspecified atom stereocenters. The van der Waals surface area contributed by atoms with E-state index < -0.39 is 0 Å². The molecule has 1 aliphatic carbocycles. The average molecular weight is 286 g/mol. The number of rotatable bonds is 1. The topological polar surface area (TPSA) is 40.6 Å². The second-order valence-electron chi connectivity index (χ2n) is 7.09. The van der Waals surface area contributed by atoms with Crippen molar-refractivity contribution in [2.45, 2.75) is 25.3 Å². The molecule has 1 aromatic rings. The van der Waals surface area contributed by atoms with E-state index in [2.05, 4.69) is 21.2 Å². The van der Waals surface area contributed by atoms with E-state index in [-0.39, 0.29) is 0 Å². The Labute approximate surface area is 125 Å². The van der Waals surface area contributed by atoms with Gasteiger partial charge in [-0.05, 0) is 12.8 Å². The van der Waals surface area contributed by atoms with Crippen LogP contribution in [0.25, 0.3) is 0 Å². The van der Waals surface area contributed by atoms with Gasteiger partial charge in [0.1, 0.15) is 6.61 Å². The molecule has 1 saturated carbocycles. The van der Waals surface area contributed by atoms with Gasteiger partial charge >= 0.3 is 0 Å². The zero-order valence-electron chi connectivity index (χ0n) is 12.3. The van der Waals surface area contributed by atoms with E-state index in [9.17, 15) is 0 Å². The molecule has 2 saturated heterocycles.